The Labute approximate surface area is 145 Å². The van der Waals surface area contributed by atoms with Crippen LogP contribution in [0.1, 0.15) is 58.5 Å². The quantitative estimate of drug-likeness (QED) is 0.861. The Morgan fingerprint density at radius 2 is 2.21 bits per heavy atom. The van der Waals surface area contributed by atoms with Crippen molar-refractivity contribution in [3.63, 3.8) is 0 Å². The Hall–Kier alpha value is -1.85. The van der Waals surface area contributed by atoms with E-state index in [0.717, 1.165) is 36.0 Å². The van der Waals surface area contributed by atoms with Crippen LogP contribution in [0.15, 0.2) is 17.1 Å². The smallest absolute Gasteiger partial charge is 0.277 e. The molecule has 0 spiro atoms. The molecule has 0 radical (unpaired) electrons. The minimum atomic E-state index is -0.306. The molecule has 0 bridgehead atoms. The molecular formula is C18H21ClN2O3. The van der Waals surface area contributed by atoms with Crippen LogP contribution in [0.5, 0.6) is 0 Å². The number of carbonyl (C=O) groups is 1. The number of rotatable bonds is 4. The van der Waals surface area contributed by atoms with Gasteiger partial charge >= 0.3 is 0 Å². The second-order valence-electron chi connectivity index (χ2n) is 6.11. The standard InChI is InChI=1S/C18H21ClN2O3/c1-4-21-18(23)13(9-20-21)17(22)12-8-14(19)11-6-5-7-15(24-3)16(11)10(12)2/h8-9,15,20H,4-7H2,1-3H3. The number of aromatic nitrogens is 2. The van der Waals surface area contributed by atoms with Gasteiger partial charge < -0.3 is 9.84 Å². The van der Waals surface area contributed by atoms with Crippen molar-refractivity contribution in [2.45, 2.75) is 45.8 Å². The maximum atomic E-state index is 12.9. The molecule has 128 valence electrons. The predicted molar refractivity (Wildman–Crippen MR) is 93.0 cm³/mol. The summed E-state index contributed by atoms with van der Waals surface area (Å²) < 4.78 is 7.00. The first-order valence-corrected chi connectivity index (χ1v) is 8.54. The number of methoxy groups -OCH3 is 1. The topological polar surface area (TPSA) is 64.1 Å². The van der Waals surface area contributed by atoms with E-state index in [1.165, 1.54) is 10.9 Å². The summed E-state index contributed by atoms with van der Waals surface area (Å²) >= 11 is 6.45. The SMILES string of the molecule is CCn1[nH]cc(C(=O)c2cc(Cl)c3c(c2C)C(OC)CCC3)c1=O. The van der Waals surface area contributed by atoms with Crippen LogP contribution >= 0.6 is 11.6 Å². The lowest BCUT2D eigenvalue weighted by molar-refractivity contribution is 0.0873. The van der Waals surface area contributed by atoms with Crippen LogP contribution in [0.2, 0.25) is 5.02 Å². The van der Waals surface area contributed by atoms with E-state index in [0.29, 0.717) is 17.1 Å². The summed E-state index contributed by atoms with van der Waals surface area (Å²) in [4.78, 5) is 25.2. The molecule has 1 heterocycles. The molecule has 1 atom stereocenters. The fourth-order valence-electron chi connectivity index (χ4n) is 3.54. The normalized spacial score (nSPS) is 16.9. The Kier molecular flexibility index (Phi) is 4.65. The number of hydrogen-bond donors (Lipinski definition) is 1. The zero-order valence-electron chi connectivity index (χ0n) is 14.1. The van der Waals surface area contributed by atoms with Gasteiger partial charge in [0.25, 0.3) is 5.56 Å². The maximum Gasteiger partial charge on any atom is 0.277 e. The molecule has 1 aromatic carbocycles. The molecule has 2 aromatic rings. The molecule has 0 amide bonds. The molecule has 5 nitrogen and oxygen atoms in total. The van der Waals surface area contributed by atoms with Gasteiger partial charge in [-0.05, 0) is 55.9 Å². The molecule has 6 heteroatoms. The third-order valence-corrected chi connectivity index (χ3v) is 5.18. The van der Waals surface area contributed by atoms with Crippen molar-refractivity contribution in [2.75, 3.05) is 7.11 Å². The van der Waals surface area contributed by atoms with Gasteiger partial charge in [0.1, 0.15) is 5.56 Å². The lowest BCUT2D eigenvalue weighted by Gasteiger charge is -2.28. The summed E-state index contributed by atoms with van der Waals surface area (Å²) in [5.74, 6) is -0.300. The molecule has 0 aliphatic heterocycles. The number of hydrogen-bond acceptors (Lipinski definition) is 3. The summed E-state index contributed by atoms with van der Waals surface area (Å²) in [6.45, 7) is 4.24. The average Bonchev–Trinajstić information content (AvgIpc) is 2.97. The molecule has 3 rings (SSSR count). The van der Waals surface area contributed by atoms with E-state index in [4.69, 9.17) is 16.3 Å². The Balaban J connectivity index is 2.15. The number of benzene rings is 1. The fourth-order valence-corrected chi connectivity index (χ4v) is 3.85. The predicted octanol–water partition coefficient (Wildman–Crippen LogP) is 3.41. The molecule has 0 saturated heterocycles. The lowest BCUT2D eigenvalue weighted by Crippen LogP contribution is -2.22. The molecule has 24 heavy (non-hydrogen) atoms. The molecule has 1 aliphatic rings. The number of carbonyl (C=O) groups excluding carboxylic acids is 1. The molecular weight excluding hydrogens is 328 g/mol. The summed E-state index contributed by atoms with van der Waals surface area (Å²) in [7, 11) is 1.67. The van der Waals surface area contributed by atoms with Crippen molar-refractivity contribution >= 4 is 17.4 Å². The van der Waals surface area contributed by atoms with Crippen LogP contribution in [0, 0.1) is 6.92 Å². The van der Waals surface area contributed by atoms with Crippen LogP contribution < -0.4 is 5.56 Å². The molecule has 0 saturated carbocycles. The van der Waals surface area contributed by atoms with Gasteiger partial charge in [0.15, 0.2) is 0 Å². The van der Waals surface area contributed by atoms with Crippen LogP contribution in [0.3, 0.4) is 0 Å². The highest BCUT2D eigenvalue weighted by molar-refractivity contribution is 6.32. The number of ketones is 1. The van der Waals surface area contributed by atoms with E-state index in [-0.39, 0.29) is 23.0 Å². The van der Waals surface area contributed by atoms with Crippen molar-refractivity contribution in [2.24, 2.45) is 0 Å². The second-order valence-corrected chi connectivity index (χ2v) is 6.51. The number of H-pyrrole nitrogens is 1. The molecule has 1 unspecified atom stereocenters. The van der Waals surface area contributed by atoms with E-state index < -0.39 is 0 Å². The third-order valence-electron chi connectivity index (χ3n) is 4.84. The van der Waals surface area contributed by atoms with Gasteiger partial charge in [-0.15, -0.1) is 0 Å². The first kappa shape index (κ1) is 17.0. The Bertz CT molecular complexity index is 851. The highest BCUT2D eigenvalue weighted by atomic mass is 35.5. The van der Waals surface area contributed by atoms with Crippen molar-refractivity contribution in [3.8, 4) is 0 Å². The summed E-state index contributed by atoms with van der Waals surface area (Å²) in [5, 5.41) is 3.39. The Morgan fingerprint density at radius 3 is 2.83 bits per heavy atom. The number of halogens is 1. The van der Waals surface area contributed by atoms with Crippen LogP contribution in [-0.4, -0.2) is 22.7 Å². The van der Waals surface area contributed by atoms with E-state index in [1.54, 1.807) is 13.2 Å². The van der Waals surface area contributed by atoms with E-state index >= 15 is 0 Å². The van der Waals surface area contributed by atoms with Crippen molar-refractivity contribution < 1.29 is 9.53 Å². The molecule has 0 fully saturated rings. The number of aryl methyl sites for hydroxylation is 1. The summed E-state index contributed by atoms with van der Waals surface area (Å²) in [6.07, 6.45) is 4.21. The summed E-state index contributed by atoms with van der Waals surface area (Å²) in [6, 6.07) is 1.69. The average molecular weight is 349 g/mol. The van der Waals surface area contributed by atoms with E-state index in [1.807, 2.05) is 13.8 Å². The van der Waals surface area contributed by atoms with Gasteiger partial charge in [0, 0.05) is 30.4 Å². The lowest BCUT2D eigenvalue weighted by atomic mass is 9.83. The van der Waals surface area contributed by atoms with Gasteiger partial charge in [-0.3, -0.25) is 14.3 Å². The summed E-state index contributed by atoms with van der Waals surface area (Å²) in [5.41, 5.74) is 3.23. The highest BCUT2D eigenvalue weighted by Gasteiger charge is 2.28. The van der Waals surface area contributed by atoms with Gasteiger partial charge in [0.2, 0.25) is 5.78 Å². The number of ether oxygens (including phenoxy) is 1. The second kappa shape index (κ2) is 6.57. The van der Waals surface area contributed by atoms with Gasteiger partial charge in [-0.25, -0.2) is 0 Å². The van der Waals surface area contributed by atoms with E-state index in [9.17, 15) is 9.59 Å². The number of nitrogens with zero attached hydrogens (tertiary/aromatic N) is 1. The van der Waals surface area contributed by atoms with Gasteiger partial charge in [-0.2, -0.15) is 0 Å². The van der Waals surface area contributed by atoms with Crippen molar-refractivity contribution in [3.05, 3.63) is 55.5 Å². The van der Waals surface area contributed by atoms with Crippen LogP contribution in [-0.2, 0) is 17.7 Å². The van der Waals surface area contributed by atoms with Gasteiger partial charge in [-0.1, -0.05) is 11.6 Å². The monoisotopic (exact) mass is 348 g/mol. The van der Waals surface area contributed by atoms with Crippen molar-refractivity contribution in [1.82, 2.24) is 9.78 Å². The first-order valence-electron chi connectivity index (χ1n) is 8.17. The highest BCUT2D eigenvalue weighted by Crippen LogP contribution is 2.39. The third kappa shape index (κ3) is 2.62. The Morgan fingerprint density at radius 1 is 1.46 bits per heavy atom. The zero-order chi connectivity index (χ0) is 17.4. The number of nitrogens with one attached hydrogen (secondary N) is 1. The molecule has 1 aromatic heterocycles. The number of fused-ring (bicyclic) bond motifs is 1. The largest absolute Gasteiger partial charge is 0.377 e. The molecule has 1 N–H and O–H groups in total. The minimum absolute atomic E-state index is 0.0578. The van der Waals surface area contributed by atoms with E-state index in [2.05, 4.69) is 5.10 Å². The number of aromatic amines is 1. The van der Waals surface area contributed by atoms with Crippen molar-refractivity contribution in [1.29, 1.82) is 0 Å². The van der Waals surface area contributed by atoms with Crippen LogP contribution in [0.25, 0.3) is 0 Å². The maximum absolute atomic E-state index is 12.9. The van der Waals surface area contributed by atoms with Crippen LogP contribution in [0.4, 0.5) is 0 Å². The van der Waals surface area contributed by atoms with Gasteiger partial charge in [0.05, 0.1) is 6.10 Å². The zero-order valence-corrected chi connectivity index (χ0v) is 14.9. The first-order chi connectivity index (χ1) is 11.5. The molecule has 1 aliphatic carbocycles. The minimum Gasteiger partial charge on any atom is -0.377 e. The fraction of sp³-hybridized carbons (Fsp3) is 0.444.